The van der Waals surface area contributed by atoms with E-state index in [0.717, 1.165) is 0 Å². The molecule has 2 N–H and O–H groups in total. The molecule has 0 aliphatic carbocycles. The molecular weight excluding hydrogens is 188 g/mol. The molecule has 0 bridgehead atoms. The van der Waals surface area contributed by atoms with E-state index in [2.05, 4.69) is 17.9 Å². The van der Waals surface area contributed by atoms with Gasteiger partial charge in [-0.3, -0.25) is 0 Å². The first-order chi connectivity index (χ1) is 6.36. The number of rotatable bonds is 3. The van der Waals surface area contributed by atoms with E-state index in [4.69, 9.17) is 10.2 Å². The molecule has 0 aromatic carbocycles. The quantitative estimate of drug-likeness (QED) is 0.509. The molecule has 14 heavy (non-hydrogen) atoms. The van der Waals surface area contributed by atoms with Gasteiger partial charge in [-0.25, -0.2) is 9.59 Å². The monoisotopic (exact) mass is 202 g/mol. The summed E-state index contributed by atoms with van der Waals surface area (Å²) in [7, 11) is 1.33. The van der Waals surface area contributed by atoms with Crippen LogP contribution in [0.1, 0.15) is 6.92 Å². The van der Waals surface area contributed by atoms with E-state index in [0.29, 0.717) is 5.57 Å². The molecule has 0 heterocycles. The first-order valence-corrected chi connectivity index (χ1v) is 3.62. The molecule has 0 aliphatic rings. The van der Waals surface area contributed by atoms with E-state index in [9.17, 15) is 9.59 Å². The SMILES string of the molecule is C=C(C)C(=O)OC.C=C(CO)C(=O)O. The Bertz CT molecular complexity index is 216. The van der Waals surface area contributed by atoms with Crippen molar-refractivity contribution in [2.75, 3.05) is 13.7 Å². The van der Waals surface area contributed by atoms with Gasteiger partial charge in [-0.1, -0.05) is 13.2 Å². The number of aliphatic carboxylic acids is 1. The van der Waals surface area contributed by atoms with E-state index < -0.39 is 12.6 Å². The van der Waals surface area contributed by atoms with E-state index in [1.54, 1.807) is 6.92 Å². The van der Waals surface area contributed by atoms with E-state index in [1.807, 2.05) is 0 Å². The van der Waals surface area contributed by atoms with Gasteiger partial charge < -0.3 is 14.9 Å². The summed E-state index contributed by atoms with van der Waals surface area (Å²) in [6.07, 6.45) is 0. The van der Waals surface area contributed by atoms with Crippen LogP contribution in [0.5, 0.6) is 0 Å². The molecule has 5 heteroatoms. The molecule has 0 saturated heterocycles. The summed E-state index contributed by atoms with van der Waals surface area (Å²) >= 11 is 0. The van der Waals surface area contributed by atoms with Crippen LogP contribution < -0.4 is 0 Å². The molecule has 0 aromatic heterocycles. The van der Waals surface area contributed by atoms with Gasteiger partial charge in [-0.2, -0.15) is 0 Å². The molecule has 0 rings (SSSR count). The number of aliphatic hydroxyl groups excluding tert-OH is 1. The summed E-state index contributed by atoms with van der Waals surface area (Å²) in [5.41, 5.74) is 0.252. The largest absolute Gasteiger partial charge is 0.478 e. The van der Waals surface area contributed by atoms with Crippen LogP contribution in [0.4, 0.5) is 0 Å². The molecular formula is C9H14O5. The average molecular weight is 202 g/mol. The highest BCUT2D eigenvalue weighted by atomic mass is 16.5. The lowest BCUT2D eigenvalue weighted by molar-refractivity contribution is -0.136. The molecule has 0 aliphatic heterocycles. The van der Waals surface area contributed by atoms with Gasteiger partial charge >= 0.3 is 11.9 Å². The smallest absolute Gasteiger partial charge is 0.333 e. The van der Waals surface area contributed by atoms with Gasteiger partial charge in [0.25, 0.3) is 0 Å². The third kappa shape index (κ3) is 8.48. The third-order valence-corrected chi connectivity index (χ3v) is 1.03. The van der Waals surface area contributed by atoms with Crippen molar-refractivity contribution in [1.29, 1.82) is 0 Å². The molecule has 0 saturated carbocycles. The Morgan fingerprint density at radius 1 is 1.36 bits per heavy atom. The van der Waals surface area contributed by atoms with Crippen LogP contribution in [0.25, 0.3) is 0 Å². The Hall–Kier alpha value is -1.62. The fraction of sp³-hybridized carbons (Fsp3) is 0.333. The number of hydrogen-bond acceptors (Lipinski definition) is 4. The third-order valence-electron chi connectivity index (χ3n) is 1.03. The van der Waals surface area contributed by atoms with Gasteiger partial charge in [0.15, 0.2) is 0 Å². The van der Waals surface area contributed by atoms with Crippen molar-refractivity contribution in [3.05, 3.63) is 24.3 Å². The van der Waals surface area contributed by atoms with Gasteiger partial charge in [0, 0.05) is 5.57 Å². The van der Waals surface area contributed by atoms with Crippen molar-refractivity contribution in [2.45, 2.75) is 6.92 Å². The second-order valence-electron chi connectivity index (χ2n) is 2.34. The minimum Gasteiger partial charge on any atom is -0.478 e. The zero-order valence-electron chi connectivity index (χ0n) is 8.24. The first kappa shape index (κ1) is 14.9. The molecule has 0 amide bonds. The van der Waals surface area contributed by atoms with Crippen molar-refractivity contribution in [1.82, 2.24) is 0 Å². The average Bonchev–Trinajstić information content (AvgIpc) is 2.15. The van der Waals surface area contributed by atoms with Crippen LogP contribution >= 0.6 is 0 Å². The second-order valence-corrected chi connectivity index (χ2v) is 2.34. The number of carboxylic acids is 1. The van der Waals surface area contributed by atoms with Crippen molar-refractivity contribution < 1.29 is 24.5 Å². The van der Waals surface area contributed by atoms with Crippen LogP contribution in [0.3, 0.4) is 0 Å². The van der Waals surface area contributed by atoms with Crippen LogP contribution in [0.2, 0.25) is 0 Å². The molecule has 0 aromatic rings. The van der Waals surface area contributed by atoms with Crippen LogP contribution in [0.15, 0.2) is 24.3 Å². The van der Waals surface area contributed by atoms with Gasteiger partial charge in [0.05, 0.1) is 19.3 Å². The molecule has 0 radical (unpaired) electrons. The van der Waals surface area contributed by atoms with Crippen LogP contribution in [0, 0.1) is 0 Å². The number of aliphatic hydroxyl groups is 1. The lowest BCUT2D eigenvalue weighted by Crippen LogP contribution is -2.01. The summed E-state index contributed by atoms with van der Waals surface area (Å²) < 4.78 is 4.27. The van der Waals surface area contributed by atoms with Crippen LogP contribution in [-0.4, -0.2) is 35.9 Å². The molecule has 0 atom stereocenters. The van der Waals surface area contributed by atoms with Gasteiger partial charge in [-0.15, -0.1) is 0 Å². The first-order valence-electron chi connectivity index (χ1n) is 3.62. The van der Waals surface area contributed by atoms with Crippen molar-refractivity contribution in [3.8, 4) is 0 Å². The highest BCUT2D eigenvalue weighted by molar-refractivity contribution is 5.86. The second kappa shape index (κ2) is 8.00. The number of esters is 1. The highest BCUT2D eigenvalue weighted by Gasteiger charge is 1.98. The lowest BCUT2D eigenvalue weighted by atomic mass is 10.3. The van der Waals surface area contributed by atoms with Crippen LogP contribution in [-0.2, 0) is 14.3 Å². The number of ether oxygens (including phenoxy) is 1. The zero-order chi connectivity index (χ0) is 11.7. The van der Waals surface area contributed by atoms with Crippen molar-refractivity contribution >= 4 is 11.9 Å². The summed E-state index contributed by atoms with van der Waals surface area (Å²) in [6.45, 7) is 7.50. The van der Waals surface area contributed by atoms with E-state index in [1.165, 1.54) is 7.11 Å². The minimum absolute atomic E-state index is 0.181. The lowest BCUT2D eigenvalue weighted by Gasteiger charge is -1.91. The Balaban J connectivity index is 0. The number of carboxylic acid groups (broad SMARTS) is 1. The zero-order valence-corrected chi connectivity index (χ0v) is 8.24. The Labute approximate surface area is 82.3 Å². The number of carbonyl (C=O) groups is 2. The van der Waals surface area contributed by atoms with Gasteiger partial charge in [-0.05, 0) is 6.92 Å². The van der Waals surface area contributed by atoms with E-state index in [-0.39, 0.29) is 11.5 Å². The maximum Gasteiger partial charge on any atom is 0.333 e. The van der Waals surface area contributed by atoms with Crippen molar-refractivity contribution in [3.63, 3.8) is 0 Å². The topological polar surface area (TPSA) is 83.8 Å². The van der Waals surface area contributed by atoms with Gasteiger partial charge in [0.1, 0.15) is 0 Å². The molecule has 0 unspecified atom stereocenters. The summed E-state index contributed by atoms with van der Waals surface area (Å²) in [5.74, 6) is -1.50. The fourth-order valence-electron chi connectivity index (χ4n) is 0.242. The van der Waals surface area contributed by atoms with Crippen molar-refractivity contribution in [2.24, 2.45) is 0 Å². The highest BCUT2D eigenvalue weighted by Crippen LogP contribution is 1.87. The normalized spacial score (nSPS) is 7.93. The predicted molar refractivity (Wildman–Crippen MR) is 50.7 cm³/mol. The molecule has 0 spiro atoms. The molecule has 0 fully saturated rings. The maximum absolute atomic E-state index is 10.2. The Morgan fingerprint density at radius 3 is 1.79 bits per heavy atom. The molecule has 80 valence electrons. The number of carbonyl (C=O) groups excluding carboxylic acids is 1. The molecule has 5 nitrogen and oxygen atoms in total. The summed E-state index contributed by atoms with van der Waals surface area (Å²) in [4.78, 5) is 19.9. The standard InChI is InChI=1S/C5H8O2.C4H6O3/c1-4(2)5(6)7-3;1-3(2-5)4(6)7/h1H2,2-3H3;5H,1-2H2,(H,6,7). The maximum atomic E-state index is 10.2. The minimum atomic E-state index is -1.15. The summed E-state index contributed by atoms with van der Waals surface area (Å²) in [6, 6.07) is 0. The number of methoxy groups -OCH3 is 1. The Kier molecular flexibility index (Phi) is 8.50. The summed E-state index contributed by atoms with van der Waals surface area (Å²) in [5, 5.41) is 15.9. The predicted octanol–water partition coefficient (Wildman–Crippen LogP) is 0.355. The number of hydrogen-bond donors (Lipinski definition) is 2. The Morgan fingerprint density at radius 2 is 1.79 bits per heavy atom. The van der Waals surface area contributed by atoms with Gasteiger partial charge in [0.2, 0.25) is 0 Å². The fourth-order valence-corrected chi connectivity index (χ4v) is 0.242. The van der Waals surface area contributed by atoms with E-state index >= 15 is 0 Å².